The Morgan fingerprint density at radius 1 is 1.11 bits per heavy atom. The highest BCUT2D eigenvalue weighted by atomic mass is 16.6. The average molecular weight is 488 g/mol. The van der Waals surface area contributed by atoms with Crippen molar-refractivity contribution >= 4 is 12.0 Å². The Kier molecular flexibility index (Phi) is 7.13. The monoisotopic (exact) mass is 487 g/mol. The lowest BCUT2D eigenvalue weighted by atomic mass is 9.80. The van der Waals surface area contributed by atoms with Gasteiger partial charge >= 0.3 is 6.09 Å². The van der Waals surface area contributed by atoms with Gasteiger partial charge in [-0.15, -0.1) is 0 Å². The predicted molar refractivity (Wildman–Crippen MR) is 138 cm³/mol. The van der Waals surface area contributed by atoms with Crippen molar-refractivity contribution in [2.75, 3.05) is 13.6 Å². The fraction of sp³-hybridized carbons (Fsp3) is 0.345. The van der Waals surface area contributed by atoms with Crippen molar-refractivity contribution < 1.29 is 19.4 Å². The van der Waals surface area contributed by atoms with Gasteiger partial charge in [0.05, 0.1) is 11.6 Å². The van der Waals surface area contributed by atoms with Crippen LogP contribution in [0.25, 0.3) is 11.1 Å². The molecule has 2 atom stereocenters. The van der Waals surface area contributed by atoms with Crippen molar-refractivity contribution in [2.45, 2.75) is 50.9 Å². The highest BCUT2D eigenvalue weighted by Gasteiger charge is 2.46. The molecule has 0 spiro atoms. The summed E-state index contributed by atoms with van der Waals surface area (Å²) in [5, 5.41) is 13.1. The lowest BCUT2D eigenvalue weighted by Gasteiger charge is -2.45. The Labute approximate surface area is 212 Å². The minimum Gasteiger partial charge on any atom is -0.438 e. The topological polar surface area (TPSA) is 91.8 Å². The van der Waals surface area contributed by atoms with Gasteiger partial charge in [0.1, 0.15) is 11.3 Å². The second-order valence-electron chi connectivity index (χ2n) is 9.97. The molecule has 0 saturated carbocycles. The van der Waals surface area contributed by atoms with Gasteiger partial charge in [-0.1, -0.05) is 60.7 Å². The first-order chi connectivity index (χ1) is 17.1. The van der Waals surface area contributed by atoms with Gasteiger partial charge in [-0.05, 0) is 43.5 Å². The number of nitrogens with one attached hydrogen (secondary N) is 1. The fourth-order valence-corrected chi connectivity index (χ4v) is 4.85. The van der Waals surface area contributed by atoms with Crippen molar-refractivity contribution in [1.82, 2.24) is 15.2 Å². The SMILES string of the molecule is CNC(=O)c1ccc(-c2ccc([C@H](C)N3CCC(CC(C)(C)O)(c4ccccc4)OC3=O)cc2)cn1. The van der Waals surface area contributed by atoms with Gasteiger partial charge in [-0.25, -0.2) is 4.79 Å². The number of pyridine rings is 1. The summed E-state index contributed by atoms with van der Waals surface area (Å²) in [6.45, 7) is 5.98. The van der Waals surface area contributed by atoms with Gasteiger partial charge in [-0.3, -0.25) is 9.78 Å². The molecule has 1 saturated heterocycles. The number of aliphatic hydroxyl groups is 1. The first-order valence-electron chi connectivity index (χ1n) is 12.2. The van der Waals surface area contributed by atoms with E-state index in [0.29, 0.717) is 25.1 Å². The van der Waals surface area contributed by atoms with Crippen LogP contribution in [-0.4, -0.2) is 46.2 Å². The number of rotatable bonds is 7. The van der Waals surface area contributed by atoms with Crippen LogP contribution in [0.15, 0.2) is 72.9 Å². The minimum absolute atomic E-state index is 0.184. The van der Waals surface area contributed by atoms with E-state index >= 15 is 0 Å². The summed E-state index contributed by atoms with van der Waals surface area (Å²) < 4.78 is 6.11. The Morgan fingerprint density at radius 3 is 2.33 bits per heavy atom. The molecule has 36 heavy (non-hydrogen) atoms. The van der Waals surface area contributed by atoms with Crippen molar-refractivity contribution in [2.24, 2.45) is 0 Å². The molecule has 2 N–H and O–H groups in total. The molecular weight excluding hydrogens is 454 g/mol. The Bertz CT molecular complexity index is 1200. The number of carbonyl (C=O) groups excluding carboxylic acids is 2. The van der Waals surface area contributed by atoms with Crippen molar-refractivity contribution in [3.05, 3.63) is 89.7 Å². The molecular formula is C29H33N3O4. The second kappa shape index (κ2) is 10.1. The van der Waals surface area contributed by atoms with Crippen LogP contribution in [-0.2, 0) is 10.3 Å². The van der Waals surface area contributed by atoms with Gasteiger partial charge in [-0.2, -0.15) is 0 Å². The fourth-order valence-electron chi connectivity index (χ4n) is 4.85. The molecule has 7 nitrogen and oxygen atoms in total. The number of benzene rings is 2. The third kappa shape index (κ3) is 5.41. The molecule has 1 aliphatic rings. The van der Waals surface area contributed by atoms with E-state index < -0.39 is 11.2 Å². The van der Waals surface area contributed by atoms with Crippen molar-refractivity contribution in [3.63, 3.8) is 0 Å². The Balaban J connectivity index is 1.50. The molecule has 1 aliphatic heterocycles. The molecule has 2 aromatic carbocycles. The molecule has 2 amide bonds. The standard InChI is InChI=1S/C29H33N3O4/c1-20(21-10-12-22(13-11-21)23-14-15-25(31-18-23)26(33)30-4)32-17-16-29(36-27(32)34,19-28(2,3)35)24-8-6-5-7-9-24/h5-15,18,20,35H,16-17,19H2,1-4H3,(H,30,33)/t20-,29?/m0/s1. The molecule has 0 aliphatic carbocycles. The number of cyclic esters (lactones) is 1. The average Bonchev–Trinajstić information content (AvgIpc) is 2.88. The van der Waals surface area contributed by atoms with Gasteiger partial charge in [0.15, 0.2) is 0 Å². The molecule has 188 valence electrons. The number of hydrogen-bond donors (Lipinski definition) is 2. The van der Waals surface area contributed by atoms with Crippen LogP contribution in [0.2, 0.25) is 0 Å². The maximum Gasteiger partial charge on any atom is 0.411 e. The van der Waals surface area contributed by atoms with E-state index in [-0.39, 0.29) is 18.0 Å². The van der Waals surface area contributed by atoms with E-state index in [2.05, 4.69) is 10.3 Å². The van der Waals surface area contributed by atoms with Crippen molar-refractivity contribution in [1.29, 1.82) is 0 Å². The highest BCUT2D eigenvalue weighted by Crippen LogP contribution is 2.42. The largest absolute Gasteiger partial charge is 0.438 e. The summed E-state index contributed by atoms with van der Waals surface area (Å²) in [5.41, 5.74) is 2.26. The molecule has 0 radical (unpaired) electrons. The first kappa shape index (κ1) is 25.4. The molecule has 4 rings (SSSR count). The van der Waals surface area contributed by atoms with E-state index in [1.165, 1.54) is 0 Å². The maximum absolute atomic E-state index is 13.3. The van der Waals surface area contributed by atoms with Crippen molar-refractivity contribution in [3.8, 4) is 11.1 Å². The zero-order chi connectivity index (χ0) is 25.9. The van der Waals surface area contributed by atoms with E-state index in [0.717, 1.165) is 22.3 Å². The Morgan fingerprint density at radius 2 is 1.78 bits per heavy atom. The van der Waals surface area contributed by atoms with Gasteiger partial charge in [0.2, 0.25) is 0 Å². The summed E-state index contributed by atoms with van der Waals surface area (Å²) in [7, 11) is 1.57. The summed E-state index contributed by atoms with van der Waals surface area (Å²) in [4.78, 5) is 31.0. The van der Waals surface area contributed by atoms with Gasteiger partial charge in [0.25, 0.3) is 5.91 Å². The summed E-state index contributed by atoms with van der Waals surface area (Å²) in [5.74, 6) is -0.224. The third-order valence-corrected chi connectivity index (χ3v) is 6.71. The van der Waals surface area contributed by atoms with E-state index in [1.807, 2.05) is 67.6 Å². The number of carbonyl (C=O) groups is 2. The van der Waals surface area contributed by atoms with E-state index in [1.54, 1.807) is 38.1 Å². The highest BCUT2D eigenvalue weighted by molar-refractivity contribution is 5.92. The molecule has 7 heteroatoms. The molecule has 1 unspecified atom stereocenters. The number of ether oxygens (including phenoxy) is 1. The number of aromatic nitrogens is 1. The summed E-state index contributed by atoms with van der Waals surface area (Å²) in [6.07, 6.45) is 2.19. The lowest BCUT2D eigenvalue weighted by Crippen LogP contribution is -2.51. The molecule has 0 bridgehead atoms. The van der Waals surface area contributed by atoms with Crippen LogP contribution in [0, 0.1) is 0 Å². The number of nitrogens with zero attached hydrogens (tertiary/aromatic N) is 2. The zero-order valence-electron chi connectivity index (χ0n) is 21.2. The summed E-state index contributed by atoms with van der Waals surface area (Å²) in [6, 6.07) is 21.0. The maximum atomic E-state index is 13.3. The van der Waals surface area contributed by atoms with Crippen LogP contribution in [0.4, 0.5) is 4.79 Å². The molecule has 3 aromatic rings. The van der Waals surface area contributed by atoms with Crippen LogP contribution in [0.1, 0.15) is 61.3 Å². The zero-order valence-corrected chi connectivity index (χ0v) is 21.2. The quantitative estimate of drug-likeness (QED) is 0.486. The van der Waals surface area contributed by atoms with Gasteiger partial charge in [0, 0.05) is 38.2 Å². The summed E-state index contributed by atoms with van der Waals surface area (Å²) >= 11 is 0. The van der Waals surface area contributed by atoms with Crippen LogP contribution in [0.5, 0.6) is 0 Å². The second-order valence-corrected chi connectivity index (χ2v) is 9.97. The lowest BCUT2D eigenvalue weighted by molar-refractivity contribution is -0.101. The predicted octanol–water partition coefficient (Wildman–Crippen LogP) is 5.07. The van der Waals surface area contributed by atoms with Crippen LogP contribution >= 0.6 is 0 Å². The normalized spacial score (nSPS) is 18.9. The number of amides is 2. The Hall–Kier alpha value is -3.71. The smallest absolute Gasteiger partial charge is 0.411 e. The minimum atomic E-state index is -0.993. The molecule has 1 aromatic heterocycles. The third-order valence-electron chi connectivity index (χ3n) is 6.71. The molecule has 2 heterocycles. The van der Waals surface area contributed by atoms with Crippen LogP contribution in [0.3, 0.4) is 0 Å². The van der Waals surface area contributed by atoms with Crippen LogP contribution < -0.4 is 5.32 Å². The molecule has 1 fully saturated rings. The first-order valence-corrected chi connectivity index (χ1v) is 12.2. The van der Waals surface area contributed by atoms with Gasteiger partial charge < -0.3 is 20.1 Å². The van der Waals surface area contributed by atoms with E-state index in [9.17, 15) is 14.7 Å². The van der Waals surface area contributed by atoms with E-state index in [4.69, 9.17) is 4.74 Å². The number of hydrogen-bond acceptors (Lipinski definition) is 5.